The molecule has 0 unspecified atom stereocenters. The Morgan fingerprint density at radius 1 is 1.05 bits per heavy atom. The first kappa shape index (κ1) is 13.0. The number of hydrogen-bond donors (Lipinski definition) is 0. The van der Waals surface area contributed by atoms with Gasteiger partial charge in [0.1, 0.15) is 17.2 Å². The molecular formula is C15H7BrF2O2. The average molecular weight is 337 g/mol. The molecule has 2 aromatic carbocycles. The van der Waals surface area contributed by atoms with E-state index in [1.54, 1.807) is 24.3 Å². The Morgan fingerprint density at radius 3 is 2.35 bits per heavy atom. The molecule has 0 bridgehead atoms. The highest BCUT2D eigenvalue weighted by Crippen LogP contribution is 2.25. The van der Waals surface area contributed by atoms with Gasteiger partial charge in [-0.05, 0) is 24.3 Å². The van der Waals surface area contributed by atoms with Gasteiger partial charge in [0.15, 0.2) is 5.76 Å². The number of fused-ring (bicyclic) bond motifs is 1. The molecule has 0 radical (unpaired) electrons. The molecule has 1 heterocycles. The van der Waals surface area contributed by atoms with Crippen LogP contribution in [0.25, 0.3) is 11.0 Å². The highest BCUT2D eigenvalue weighted by Gasteiger charge is 2.22. The zero-order valence-electron chi connectivity index (χ0n) is 9.99. The van der Waals surface area contributed by atoms with Crippen LogP contribution in [0.15, 0.2) is 51.4 Å². The second-order valence-electron chi connectivity index (χ2n) is 4.22. The number of furan rings is 1. The van der Waals surface area contributed by atoms with Gasteiger partial charge in [-0.3, -0.25) is 4.79 Å². The maximum Gasteiger partial charge on any atom is 0.234 e. The minimum atomic E-state index is -0.928. The van der Waals surface area contributed by atoms with Gasteiger partial charge in [0, 0.05) is 9.86 Å². The SMILES string of the molecule is O=C(c1cc2ccccc2o1)c1c(F)cc(Br)cc1F. The van der Waals surface area contributed by atoms with Crippen molar-refractivity contribution in [1.29, 1.82) is 0 Å². The lowest BCUT2D eigenvalue weighted by Gasteiger charge is -2.02. The summed E-state index contributed by atoms with van der Waals surface area (Å²) in [5.41, 5.74) is -0.124. The van der Waals surface area contributed by atoms with E-state index in [0.717, 1.165) is 12.1 Å². The summed E-state index contributed by atoms with van der Waals surface area (Å²) in [6.45, 7) is 0. The molecule has 0 amide bonds. The first-order valence-electron chi connectivity index (χ1n) is 5.74. The van der Waals surface area contributed by atoms with Crippen molar-refractivity contribution in [1.82, 2.24) is 0 Å². The van der Waals surface area contributed by atoms with Crippen LogP contribution in [0.1, 0.15) is 16.1 Å². The summed E-state index contributed by atoms with van der Waals surface area (Å²) in [5.74, 6) is -2.76. The monoisotopic (exact) mass is 336 g/mol. The highest BCUT2D eigenvalue weighted by molar-refractivity contribution is 9.10. The quantitative estimate of drug-likeness (QED) is 0.634. The van der Waals surface area contributed by atoms with Crippen molar-refractivity contribution < 1.29 is 18.0 Å². The second kappa shape index (κ2) is 4.83. The molecule has 0 aliphatic rings. The molecule has 5 heteroatoms. The molecular weight excluding hydrogens is 330 g/mol. The fraction of sp³-hybridized carbons (Fsp3) is 0. The molecule has 0 fully saturated rings. The molecule has 0 saturated heterocycles. The lowest BCUT2D eigenvalue weighted by atomic mass is 10.1. The molecule has 3 rings (SSSR count). The number of hydrogen-bond acceptors (Lipinski definition) is 2. The summed E-state index contributed by atoms with van der Waals surface area (Å²) in [5, 5.41) is 0.703. The minimum absolute atomic E-state index is 0.0914. The Balaban J connectivity index is 2.13. The molecule has 0 atom stereocenters. The van der Waals surface area contributed by atoms with Crippen molar-refractivity contribution in [2.45, 2.75) is 0 Å². The van der Waals surface area contributed by atoms with E-state index in [9.17, 15) is 13.6 Å². The van der Waals surface area contributed by atoms with E-state index < -0.39 is 23.0 Å². The summed E-state index contributed by atoms with van der Waals surface area (Å²) in [6.07, 6.45) is 0. The molecule has 0 spiro atoms. The van der Waals surface area contributed by atoms with Crippen LogP contribution in [-0.2, 0) is 0 Å². The normalized spacial score (nSPS) is 10.9. The lowest BCUT2D eigenvalue weighted by molar-refractivity contribution is 0.100. The molecule has 2 nitrogen and oxygen atoms in total. The summed E-state index contributed by atoms with van der Waals surface area (Å²) in [6, 6.07) is 10.5. The number of benzene rings is 2. The van der Waals surface area contributed by atoms with Crippen molar-refractivity contribution in [2.75, 3.05) is 0 Å². The van der Waals surface area contributed by atoms with E-state index in [0.29, 0.717) is 11.0 Å². The third-order valence-corrected chi connectivity index (χ3v) is 3.34. The Labute approximate surface area is 121 Å². The van der Waals surface area contributed by atoms with Crippen LogP contribution in [0.4, 0.5) is 8.78 Å². The van der Waals surface area contributed by atoms with Crippen LogP contribution >= 0.6 is 15.9 Å². The largest absolute Gasteiger partial charge is 0.453 e. The van der Waals surface area contributed by atoms with E-state index in [1.165, 1.54) is 6.07 Å². The van der Waals surface area contributed by atoms with Crippen LogP contribution in [-0.4, -0.2) is 5.78 Å². The van der Waals surface area contributed by atoms with Crippen LogP contribution in [0.3, 0.4) is 0 Å². The van der Waals surface area contributed by atoms with Crippen molar-refractivity contribution in [3.8, 4) is 0 Å². The average Bonchev–Trinajstić information content (AvgIpc) is 2.81. The predicted molar refractivity (Wildman–Crippen MR) is 73.7 cm³/mol. The zero-order chi connectivity index (χ0) is 14.3. The van der Waals surface area contributed by atoms with Gasteiger partial charge in [-0.1, -0.05) is 34.1 Å². The van der Waals surface area contributed by atoms with Crippen molar-refractivity contribution in [2.24, 2.45) is 0 Å². The highest BCUT2D eigenvalue weighted by atomic mass is 79.9. The summed E-state index contributed by atoms with van der Waals surface area (Å²) in [4.78, 5) is 12.2. The van der Waals surface area contributed by atoms with Gasteiger partial charge >= 0.3 is 0 Å². The number of carbonyl (C=O) groups is 1. The maximum absolute atomic E-state index is 13.8. The van der Waals surface area contributed by atoms with Crippen LogP contribution in [0, 0.1) is 11.6 Å². The van der Waals surface area contributed by atoms with Gasteiger partial charge < -0.3 is 4.42 Å². The molecule has 0 N–H and O–H groups in total. The standard InChI is InChI=1S/C15H7BrF2O2/c16-9-6-10(17)14(11(18)7-9)15(19)13-5-8-3-1-2-4-12(8)20-13/h1-7H. The van der Waals surface area contributed by atoms with Gasteiger partial charge in [-0.15, -0.1) is 0 Å². The van der Waals surface area contributed by atoms with Gasteiger partial charge in [0.25, 0.3) is 0 Å². The fourth-order valence-corrected chi connectivity index (χ4v) is 2.38. The smallest absolute Gasteiger partial charge is 0.234 e. The molecule has 0 aliphatic carbocycles. The van der Waals surface area contributed by atoms with Crippen molar-refractivity contribution >= 4 is 32.7 Å². The number of carbonyl (C=O) groups excluding carboxylic acids is 1. The molecule has 1 aromatic heterocycles. The number of para-hydroxylation sites is 1. The first-order chi connectivity index (χ1) is 9.56. The van der Waals surface area contributed by atoms with E-state index >= 15 is 0 Å². The molecule has 3 aromatic rings. The predicted octanol–water partition coefficient (Wildman–Crippen LogP) is 4.70. The summed E-state index contributed by atoms with van der Waals surface area (Å²) >= 11 is 2.97. The molecule has 0 saturated carbocycles. The Hall–Kier alpha value is -2.01. The Bertz CT molecular complexity index is 768. The van der Waals surface area contributed by atoms with Gasteiger partial charge in [0.05, 0.1) is 5.56 Å². The molecule has 20 heavy (non-hydrogen) atoms. The number of halogens is 3. The number of ketones is 1. The lowest BCUT2D eigenvalue weighted by Crippen LogP contribution is -2.06. The molecule has 0 aliphatic heterocycles. The Morgan fingerprint density at radius 2 is 1.70 bits per heavy atom. The van der Waals surface area contributed by atoms with E-state index in [1.807, 2.05) is 0 Å². The third-order valence-electron chi connectivity index (χ3n) is 2.88. The van der Waals surface area contributed by atoms with Crippen molar-refractivity contribution in [3.63, 3.8) is 0 Å². The van der Waals surface area contributed by atoms with Gasteiger partial charge in [-0.25, -0.2) is 8.78 Å². The second-order valence-corrected chi connectivity index (χ2v) is 5.14. The van der Waals surface area contributed by atoms with Crippen molar-refractivity contribution in [3.05, 3.63) is 69.9 Å². The third kappa shape index (κ3) is 2.14. The van der Waals surface area contributed by atoms with Crippen LogP contribution < -0.4 is 0 Å². The zero-order valence-corrected chi connectivity index (χ0v) is 11.6. The van der Waals surface area contributed by atoms with Crippen LogP contribution in [0.5, 0.6) is 0 Å². The molecule has 100 valence electrons. The van der Waals surface area contributed by atoms with Gasteiger partial charge in [0.2, 0.25) is 5.78 Å². The maximum atomic E-state index is 13.8. The topological polar surface area (TPSA) is 30.2 Å². The van der Waals surface area contributed by atoms with E-state index in [2.05, 4.69) is 15.9 Å². The summed E-state index contributed by atoms with van der Waals surface area (Å²) in [7, 11) is 0. The van der Waals surface area contributed by atoms with Crippen LogP contribution in [0.2, 0.25) is 0 Å². The summed E-state index contributed by atoms with van der Waals surface area (Å²) < 4.78 is 33.1. The number of rotatable bonds is 2. The first-order valence-corrected chi connectivity index (χ1v) is 6.53. The minimum Gasteiger partial charge on any atom is -0.453 e. The van der Waals surface area contributed by atoms with Gasteiger partial charge in [-0.2, -0.15) is 0 Å². The Kier molecular flexibility index (Phi) is 3.14. The van der Waals surface area contributed by atoms with E-state index in [-0.39, 0.29) is 10.2 Å². The van der Waals surface area contributed by atoms with E-state index in [4.69, 9.17) is 4.42 Å². The fourth-order valence-electron chi connectivity index (χ4n) is 1.98.